The zero-order chi connectivity index (χ0) is 9.26. The minimum Gasteiger partial charge on any atom is -0.377 e. The lowest BCUT2D eigenvalue weighted by molar-refractivity contribution is -0.150. The molecule has 2 atom stereocenters. The fourth-order valence-corrected chi connectivity index (χ4v) is 1.66. The maximum Gasteiger partial charge on any atom is 0.175 e. The lowest BCUT2D eigenvalue weighted by atomic mass is 10.2. The van der Waals surface area contributed by atoms with Crippen LogP contribution in [0.3, 0.4) is 0 Å². The summed E-state index contributed by atoms with van der Waals surface area (Å²) in [6, 6.07) is 0.131. The van der Waals surface area contributed by atoms with Crippen molar-refractivity contribution in [1.29, 1.82) is 0 Å². The highest BCUT2D eigenvalue weighted by molar-refractivity contribution is 4.81. The number of nitrogens with two attached hydrogens (primary N) is 1. The van der Waals surface area contributed by atoms with Gasteiger partial charge in [-0.05, 0) is 7.05 Å². The topological polar surface area (TPSA) is 57.0 Å². The number of morpholine rings is 1. The highest BCUT2D eigenvalue weighted by Gasteiger charge is 2.35. The van der Waals surface area contributed by atoms with Crippen molar-refractivity contribution in [2.75, 3.05) is 33.5 Å². The molecule has 0 spiro atoms. The molecule has 0 aliphatic carbocycles. The number of hydrogen-bond donors (Lipinski definition) is 1. The Balaban J connectivity index is 1.95. The van der Waals surface area contributed by atoms with Crippen LogP contribution in [0.2, 0.25) is 0 Å². The van der Waals surface area contributed by atoms with Crippen LogP contribution >= 0.6 is 0 Å². The molecular formula is C8H16N2O3. The molecule has 2 rings (SSSR count). The minimum atomic E-state index is -0.170. The van der Waals surface area contributed by atoms with Gasteiger partial charge >= 0.3 is 0 Å². The van der Waals surface area contributed by atoms with Crippen LogP contribution in [-0.4, -0.2) is 56.9 Å². The summed E-state index contributed by atoms with van der Waals surface area (Å²) in [5.74, 6) is 0. The van der Waals surface area contributed by atoms with Crippen LogP contribution in [0.4, 0.5) is 0 Å². The summed E-state index contributed by atoms with van der Waals surface area (Å²) in [4.78, 5) is 2.06. The predicted octanol–water partition coefficient (Wildman–Crippen LogP) is -1.03. The molecule has 76 valence electrons. The highest BCUT2D eigenvalue weighted by Crippen LogP contribution is 2.17. The molecule has 2 heterocycles. The zero-order valence-corrected chi connectivity index (χ0v) is 7.81. The molecule has 2 fully saturated rings. The molecule has 2 aliphatic rings. The number of hydrogen-bond acceptors (Lipinski definition) is 5. The van der Waals surface area contributed by atoms with Gasteiger partial charge in [0, 0.05) is 0 Å². The lowest BCUT2D eigenvalue weighted by Crippen LogP contribution is -2.58. The SMILES string of the molecule is CN1C(N)COCC1C1OCCO1. The second-order valence-corrected chi connectivity index (χ2v) is 3.45. The molecule has 2 aliphatic heterocycles. The standard InChI is InChI=1S/C8H16N2O3/c1-10-6(4-11-5-7(10)9)8-12-2-3-13-8/h6-8H,2-5,9H2,1H3. The molecule has 2 N–H and O–H groups in total. The molecule has 5 nitrogen and oxygen atoms in total. The Morgan fingerprint density at radius 1 is 1.23 bits per heavy atom. The molecule has 0 amide bonds. The quantitative estimate of drug-likeness (QED) is 0.570. The largest absolute Gasteiger partial charge is 0.377 e. The first-order valence-electron chi connectivity index (χ1n) is 4.57. The fourth-order valence-electron chi connectivity index (χ4n) is 1.66. The van der Waals surface area contributed by atoms with Gasteiger partial charge in [0.05, 0.1) is 38.6 Å². The summed E-state index contributed by atoms with van der Waals surface area (Å²) in [6.07, 6.45) is -0.220. The molecule has 2 saturated heterocycles. The van der Waals surface area contributed by atoms with E-state index >= 15 is 0 Å². The first-order valence-corrected chi connectivity index (χ1v) is 4.57. The van der Waals surface area contributed by atoms with Crippen molar-refractivity contribution in [3.63, 3.8) is 0 Å². The average molecular weight is 188 g/mol. The molecule has 0 radical (unpaired) electrons. The van der Waals surface area contributed by atoms with E-state index in [1.807, 2.05) is 7.05 Å². The number of rotatable bonds is 1. The van der Waals surface area contributed by atoms with Crippen LogP contribution in [-0.2, 0) is 14.2 Å². The second-order valence-electron chi connectivity index (χ2n) is 3.45. The summed E-state index contributed by atoms with van der Waals surface area (Å²) in [6.45, 7) is 2.56. The molecule has 0 aromatic heterocycles. The first-order chi connectivity index (χ1) is 6.29. The van der Waals surface area contributed by atoms with Gasteiger partial charge in [-0.3, -0.25) is 4.90 Å². The molecule has 2 unspecified atom stereocenters. The Morgan fingerprint density at radius 2 is 1.92 bits per heavy atom. The van der Waals surface area contributed by atoms with Gasteiger partial charge in [-0.15, -0.1) is 0 Å². The maximum absolute atomic E-state index is 5.83. The van der Waals surface area contributed by atoms with E-state index in [4.69, 9.17) is 19.9 Å². The summed E-state index contributed by atoms with van der Waals surface area (Å²) in [7, 11) is 1.98. The third-order valence-corrected chi connectivity index (χ3v) is 2.59. The molecule has 13 heavy (non-hydrogen) atoms. The van der Waals surface area contributed by atoms with Crippen LogP contribution < -0.4 is 5.73 Å². The van der Waals surface area contributed by atoms with Gasteiger partial charge in [0.15, 0.2) is 6.29 Å². The van der Waals surface area contributed by atoms with E-state index in [1.165, 1.54) is 0 Å². The van der Waals surface area contributed by atoms with E-state index in [1.54, 1.807) is 0 Å². The predicted molar refractivity (Wildman–Crippen MR) is 46.0 cm³/mol. The highest BCUT2D eigenvalue weighted by atomic mass is 16.7. The van der Waals surface area contributed by atoms with Crippen LogP contribution in [0.15, 0.2) is 0 Å². The van der Waals surface area contributed by atoms with E-state index in [9.17, 15) is 0 Å². The Hall–Kier alpha value is -0.200. The van der Waals surface area contributed by atoms with Gasteiger partial charge in [0.1, 0.15) is 0 Å². The Labute approximate surface area is 77.7 Å². The third kappa shape index (κ3) is 1.84. The van der Waals surface area contributed by atoms with Crippen molar-refractivity contribution in [2.45, 2.75) is 18.5 Å². The third-order valence-electron chi connectivity index (χ3n) is 2.59. The molecule has 0 aromatic carbocycles. The number of nitrogens with zero attached hydrogens (tertiary/aromatic N) is 1. The van der Waals surface area contributed by atoms with Gasteiger partial charge in [-0.25, -0.2) is 0 Å². The number of likely N-dealkylation sites (N-methyl/N-ethyl adjacent to an activating group) is 1. The van der Waals surface area contributed by atoms with Crippen molar-refractivity contribution < 1.29 is 14.2 Å². The smallest absolute Gasteiger partial charge is 0.175 e. The molecular weight excluding hydrogens is 172 g/mol. The number of ether oxygens (including phenoxy) is 3. The summed E-state index contributed by atoms with van der Waals surface area (Å²) in [5, 5.41) is 0. The van der Waals surface area contributed by atoms with Crippen LogP contribution in [0.5, 0.6) is 0 Å². The summed E-state index contributed by atoms with van der Waals surface area (Å²) >= 11 is 0. The average Bonchev–Trinajstić information content (AvgIpc) is 2.62. The van der Waals surface area contributed by atoms with Crippen LogP contribution in [0.1, 0.15) is 0 Å². The summed E-state index contributed by atoms with van der Waals surface area (Å²) < 4.78 is 16.2. The lowest BCUT2D eigenvalue weighted by Gasteiger charge is -2.39. The van der Waals surface area contributed by atoms with E-state index < -0.39 is 0 Å². The van der Waals surface area contributed by atoms with Gasteiger partial charge < -0.3 is 19.9 Å². The Bertz CT molecular complexity index is 171. The van der Waals surface area contributed by atoms with Gasteiger partial charge in [-0.1, -0.05) is 0 Å². The van der Waals surface area contributed by atoms with E-state index in [0.717, 1.165) is 0 Å². The van der Waals surface area contributed by atoms with Crippen molar-refractivity contribution in [3.8, 4) is 0 Å². The molecule has 0 saturated carbocycles. The monoisotopic (exact) mass is 188 g/mol. The van der Waals surface area contributed by atoms with Gasteiger partial charge in [0.25, 0.3) is 0 Å². The van der Waals surface area contributed by atoms with Gasteiger partial charge in [-0.2, -0.15) is 0 Å². The molecule has 0 aromatic rings. The van der Waals surface area contributed by atoms with Crippen LogP contribution in [0.25, 0.3) is 0 Å². The van der Waals surface area contributed by atoms with E-state index in [-0.39, 0.29) is 18.5 Å². The normalized spacial score (nSPS) is 38.3. The summed E-state index contributed by atoms with van der Waals surface area (Å²) in [5.41, 5.74) is 5.83. The second kappa shape index (κ2) is 3.89. The Morgan fingerprint density at radius 3 is 2.62 bits per heavy atom. The minimum absolute atomic E-state index is 0.0495. The Kier molecular flexibility index (Phi) is 2.80. The van der Waals surface area contributed by atoms with Crippen molar-refractivity contribution >= 4 is 0 Å². The van der Waals surface area contributed by atoms with Crippen molar-refractivity contribution in [2.24, 2.45) is 5.73 Å². The molecule has 5 heteroatoms. The van der Waals surface area contributed by atoms with Gasteiger partial charge in [0.2, 0.25) is 0 Å². The maximum atomic E-state index is 5.83. The fraction of sp³-hybridized carbons (Fsp3) is 1.00. The van der Waals surface area contributed by atoms with E-state index in [0.29, 0.717) is 26.4 Å². The van der Waals surface area contributed by atoms with Crippen molar-refractivity contribution in [3.05, 3.63) is 0 Å². The molecule has 0 bridgehead atoms. The van der Waals surface area contributed by atoms with Crippen LogP contribution in [0, 0.1) is 0 Å². The van der Waals surface area contributed by atoms with Crippen molar-refractivity contribution in [1.82, 2.24) is 4.90 Å². The zero-order valence-electron chi connectivity index (χ0n) is 7.81. The first kappa shape index (κ1) is 9.36. The van der Waals surface area contributed by atoms with E-state index in [2.05, 4.69) is 4.90 Å².